The number of nitrogens with zero attached hydrogens (tertiary/aromatic N) is 2. The molecule has 2 aromatic rings. The van der Waals surface area contributed by atoms with E-state index in [1.54, 1.807) is 24.3 Å². The monoisotopic (exact) mass is 425 g/mol. The number of rotatable bonds is 6. The van der Waals surface area contributed by atoms with E-state index in [0.29, 0.717) is 17.2 Å². The van der Waals surface area contributed by atoms with Gasteiger partial charge in [-0.15, -0.1) is 12.4 Å². The van der Waals surface area contributed by atoms with Crippen LogP contribution < -0.4 is 10.1 Å². The second-order valence-corrected chi connectivity index (χ2v) is 6.90. The zero-order valence-corrected chi connectivity index (χ0v) is 16.8. The van der Waals surface area contributed by atoms with Crippen molar-refractivity contribution in [2.45, 2.75) is 6.42 Å². The lowest BCUT2D eigenvalue weighted by Gasteiger charge is -2.17. The minimum Gasteiger partial charge on any atom is -0.450 e. The van der Waals surface area contributed by atoms with Crippen molar-refractivity contribution in [3.63, 3.8) is 0 Å². The maximum absolute atomic E-state index is 12.6. The standard InChI is InChI=1S/C19H20ClN3O4.ClH/c1-21-11-13-8-9-22(12-13)19(24)14-2-5-16(6-3-14)27-18-7-4-15(20)10-17(18)23(25)26;/h2-7,10,13,21H,8-9,11-12H2,1H3;1H. The Morgan fingerprint density at radius 1 is 1.32 bits per heavy atom. The van der Waals surface area contributed by atoms with Crippen LogP contribution in [0.15, 0.2) is 42.5 Å². The number of hydrogen-bond donors (Lipinski definition) is 1. The topological polar surface area (TPSA) is 84.7 Å². The summed E-state index contributed by atoms with van der Waals surface area (Å²) >= 11 is 5.81. The maximum Gasteiger partial charge on any atom is 0.313 e. The number of nitrogens with one attached hydrogen (secondary N) is 1. The number of likely N-dealkylation sites (tertiary alicyclic amines) is 1. The molecule has 1 atom stereocenters. The highest BCUT2D eigenvalue weighted by Crippen LogP contribution is 2.33. The zero-order chi connectivity index (χ0) is 19.4. The number of benzene rings is 2. The Hall–Kier alpha value is -2.35. The Labute approximate surface area is 174 Å². The number of hydrogen-bond acceptors (Lipinski definition) is 5. The first kappa shape index (κ1) is 21.9. The van der Waals surface area contributed by atoms with E-state index in [1.807, 2.05) is 11.9 Å². The molecule has 0 bridgehead atoms. The third-order valence-corrected chi connectivity index (χ3v) is 4.75. The van der Waals surface area contributed by atoms with Gasteiger partial charge in [-0.2, -0.15) is 0 Å². The summed E-state index contributed by atoms with van der Waals surface area (Å²) in [7, 11) is 1.91. The van der Waals surface area contributed by atoms with Crippen LogP contribution in [0, 0.1) is 16.0 Å². The van der Waals surface area contributed by atoms with Crippen LogP contribution in [0.2, 0.25) is 5.02 Å². The normalized spacial score (nSPS) is 15.8. The zero-order valence-electron chi connectivity index (χ0n) is 15.3. The highest BCUT2D eigenvalue weighted by atomic mass is 35.5. The molecule has 28 heavy (non-hydrogen) atoms. The molecule has 3 rings (SSSR count). The lowest BCUT2D eigenvalue weighted by molar-refractivity contribution is -0.385. The van der Waals surface area contributed by atoms with Crippen molar-refractivity contribution in [2.75, 3.05) is 26.7 Å². The van der Waals surface area contributed by atoms with Gasteiger partial charge in [-0.05, 0) is 62.3 Å². The molecule has 0 spiro atoms. The van der Waals surface area contributed by atoms with Gasteiger partial charge in [0.05, 0.1) is 4.92 Å². The second-order valence-electron chi connectivity index (χ2n) is 6.46. The fourth-order valence-corrected chi connectivity index (χ4v) is 3.33. The molecule has 9 heteroatoms. The minimum absolute atomic E-state index is 0. The molecule has 1 heterocycles. The van der Waals surface area contributed by atoms with Crippen molar-refractivity contribution in [1.82, 2.24) is 10.2 Å². The highest BCUT2D eigenvalue weighted by Gasteiger charge is 2.26. The Morgan fingerprint density at radius 3 is 2.68 bits per heavy atom. The molecule has 0 radical (unpaired) electrons. The average Bonchev–Trinajstić information content (AvgIpc) is 3.12. The fourth-order valence-electron chi connectivity index (χ4n) is 3.17. The maximum atomic E-state index is 12.6. The predicted octanol–water partition coefficient (Wildman–Crippen LogP) is 4.14. The van der Waals surface area contributed by atoms with Gasteiger partial charge in [-0.3, -0.25) is 14.9 Å². The Balaban J connectivity index is 0.00000280. The summed E-state index contributed by atoms with van der Waals surface area (Å²) in [6.45, 7) is 2.39. The third kappa shape index (κ3) is 5.13. The number of amides is 1. The van der Waals surface area contributed by atoms with E-state index in [9.17, 15) is 14.9 Å². The summed E-state index contributed by atoms with van der Waals surface area (Å²) < 4.78 is 5.60. The van der Waals surface area contributed by atoms with Gasteiger partial charge in [-0.25, -0.2) is 0 Å². The molecule has 7 nitrogen and oxygen atoms in total. The van der Waals surface area contributed by atoms with Gasteiger partial charge >= 0.3 is 5.69 Å². The summed E-state index contributed by atoms with van der Waals surface area (Å²) in [6, 6.07) is 10.8. The first-order valence-electron chi connectivity index (χ1n) is 8.63. The molecule has 1 aliphatic heterocycles. The van der Waals surface area contributed by atoms with Crippen LogP contribution in [0.25, 0.3) is 0 Å². The number of carbonyl (C=O) groups is 1. The molecule has 0 aromatic heterocycles. The Bertz CT molecular complexity index is 846. The largest absolute Gasteiger partial charge is 0.450 e. The smallest absolute Gasteiger partial charge is 0.313 e. The lowest BCUT2D eigenvalue weighted by Crippen LogP contribution is -2.30. The van der Waals surface area contributed by atoms with Crippen molar-refractivity contribution >= 4 is 35.6 Å². The van der Waals surface area contributed by atoms with Crippen LogP contribution in [0.1, 0.15) is 16.8 Å². The van der Waals surface area contributed by atoms with Crippen LogP contribution in [-0.2, 0) is 0 Å². The third-order valence-electron chi connectivity index (χ3n) is 4.51. The predicted molar refractivity (Wildman–Crippen MR) is 110 cm³/mol. The van der Waals surface area contributed by atoms with Gasteiger partial charge in [-0.1, -0.05) is 11.6 Å². The SMILES string of the molecule is CNCC1CCN(C(=O)c2ccc(Oc3ccc(Cl)cc3[N+](=O)[O-])cc2)C1.Cl. The van der Waals surface area contributed by atoms with Crippen molar-refractivity contribution < 1.29 is 14.5 Å². The molecule has 0 aliphatic carbocycles. The number of nitro groups is 1. The van der Waals surface area contributed by atoms with Gasteiger partial charge in [0.15, 0.2) is 0 Å². The van der Waals surface area contributed by atoms with E-state index < -0.39 is 4.92 Å². The molecule has 150 valence electrons. The van der Waals surface area contributed by atoms with Gasteiger partial charge in [0.2, 0.25) is 5.75 Å². The van der Waals surface area contributed by atoms with Crippen LogP contribution in [0.5, 0.6) is 11.5 Å². The molecular formula is C19H21Cl2N3O4. The molecule has 1 amide bonds. The van der Waals surface area contributed by atoms with Gasteiger partial charge < -0.3 is 15.0 Å². The van der Waals surface area contributed by atoms with Crippen LogP contribution in [0.3, 0.4) is 0 Å². The van der Waals surface area contributed by atoms with E-state index in [2.05, 4.69) is 5.32 Å². The van der Waals surface area contributed by atoms with E-state index in [-0.39, 0.29) is 34.8 Å². The Morgan fingerprint density at radius 2 is 2.04 bits per heavy atom. The molecular weight excluding hydrogens is 405 g/mol. The summed E-state index contributed by atoms with van der Waals surface area (Å²) in [5.41, 5.74) is 0.355. The minimum atomic E-state index is -0.548. The van der Waals surface area contributed by atoms with Crippen LogP contribution >= 0.6 is 24.0 Å². The van der Waals surface area contributed by atoms with Crippen molar-refractivity contribution in [3.8, 4) is 11.5 Å². The molecule has 1 fully saturated rings. The summed E-state index contributed by atoms with van der Waals surface area (Å²) in [4.78, 5) is 25.0. The van der Waals surface area contributed by atoms with Gasteiger partial charge in [0.1, 0.15) is 5.75 Å². The van der Waals surface area contributed by atoms with Crippen molar-refractivity contribution in [1.29, 1.82) is 0 Å². The van der Waals surface area contributed by atoms with Gasteiger partial charge in [0, 0.05) is 29.7 Å². The average molecular weight is 426 g/mol. The molecule has 1 N–H and O–H groups in total. The van der Waals surface area contributed by atoms with Gasteiger partial charge in [0.25, 0.3) is 5.91 Å². The molecule has 1 unspecified atom stereocenters. The number of carbonyl (C=O) groups excluding carboxylic acids is 1. The molecule has 1 aliphatic rings. The summed E-state index contributed by atoms with van der Waals surface area (Å²) in [5, 5.41) is 14.5. The first-order chi connectivity index (χ1) is 13.0. The van der Waals surface area contributed by atoms with E-state index >= 15 is 0 Å². The lowest BCUT2D eigenvalue weighted by atomic mass is 10.1. The van der Waals surface area contributed by atoms with Crippen LogP contribution in [0.4, 0.5) is 5.69 Å². The summed E-state index contributed by atoms with van der Waals surface area (Å²) in [6.07, 6.45) is 0.994. The second kappa shape index (κ2) is 9.73. The summed E-state index contributed by atoms with van der Waals surface area (Å²) in [5.74, 6) is 0.967. The quantitative estimate of drug-likeness (QED) is 0.554. The molecule has 2 aromatic carbocycles. The Kier molecular flexibility index (Phi) is 7.62. The fraction of sp³-hybridized carbons (Fsp3) is 0.316. The first-order valence-corrected chi connectivity index (χ1v) is 9.01. The highest BCUT2D eigenvalue weighted by molar-refractivity contribution is 6.30. The number of halogens is 2. The number of ether oxygens (including phenoxy) is 1. The number of nitro benzene ring substituents is 1. The van der Waals surface area contributed by atoms with Crippen molar-refractivity contribution in [2.24, 2.45) is 5.92 Å². The van der Waals surface area contributed by atoms with Crippen LogP contribution in [-0.4, -0.2) is 42.4 Å². The molecule has 1 saturated heterocycles. The van der Waals surface area contributed by atoms with E-state index in [1.165, 1.54) is 18.2 Å². The van der Waals surface area contributed by atoms with E-state index in [0.717, 1.165) is 26.1 Å². The molecule has 0 saturated carbocycles. The van der Waals surface area contributed by atoms with E-state index in [4.69, 9.17) is 16.3 Å². The van der Waals surface area contributed by atoms with Crippen molar-refractivity contribution in [3.05, 3.63) is 63.2 Å².